The lowest BCUT2D eigenvalue weighted by Gasteiger charge is -2.10. The van der Waals surface area contributed by atoms with Crippen LogP contribution in [0.3, 0.4) is 0 Å². The van der Waals surface area contributed by atoms with Gasteiger partial charge in [0, 0.05) is 29.8 Å². The number of hydrogen-bond acceptors (Lipinski definition) is 3. The van der Waals surface area contributed by atoms with Crippen molar-refractivity contribution >= 4 is 11.6 Å². The quantitative estimate of drug-likeness (QED) is 0.783. The molecule has 0 aliphatic rings. The predicted molar refractivity (Wildman–Crippen MR) is 79.8 cm³/mol. The number of nitrogens with one attached hydrogen (secondary N) is 1. The highest BCUT2D eigenvalue weighted by Gasteiger charge is 2.05. The molecule has 0 saturated heterocycles. The summed E-state index contributed by atoms with van der Waals surface area (Å²) in [7, 11) is 1.66. The van der Waals surface area contributed by atoms with E-state index in [1.165, 1.54) is 0 Å². The van der Waals surface area contributed by atoms with Crippen LogP contribution in [0.1, 0.15) is 0 Å². The van der Waals surface area contributed by atoms with Crippen molar-refractivity contribution in [3.05, 3.63) is 67.0 Å². The predicted octanol–water partition coefficient (Wildman–Crippen LogP) is 3.62. The van der Waals surface area contributed by atoms with Crippen LogP contribution in [0.2, 0.25) is 0 Å². The molecule has 0 saturated carbocycles. The summed E-state index contributed by atoms with van der Waals surface area (Å²) >= 11 is 0. The summed E-state index contributed by atoms with van der Waals surface area (Å²) in [5.74, 6) is 1.58. The SMILES string of the molecule is COc1cccc(Nc2nccn2-c2ccccc2)c1. The topological polar surface area (TPSA) is 39.1 Å². The van der Waals surface area contributed by atoms with Crippen molar-refractivity contribution in [1.29, 1.82) is 0 Å². The normalized spacial score (nSPS) is 10.2. The molecule has 1 aromatic heterocycles. The Morgan fingerprint density at radius 2 is 1.90 bits per heavy atom. The molecule has 0 unspecified atom stereocenters. The van der Waals surface area contributed by atoms with Crippen LogP contribution in [0, 0.1) is 0 Å². The zero-order chi connectivity index (χ0) is 13.8. The second-order valence-corrected chi connectivity index (χ2v) is 4.31. The van der Waals surface area contributed by atoms with Gasteiger partial charge in [-0.25, -0.2) is 4.98 Å². The molecule has 0 spiro atoms. The third kappa shape index (κ3) is 2.49. The Hall–Kier alpha value is -2.75. The number of para-hydroxylation sites is 1. The van der Waals surface area contributed by atoms with Gasteiger partial charge in [0.15, 0.2) is 0 Å². The van der Waals surface area contributed by atoms with Crippen LogP contribution in [0.25, 0.3) is 5.69 Å². The van der Waals surface area contributed by atoms with E-state index in [1.807, 2.05) is 65.4 Å². The molecule has 0 atom stereocenters. The van der Waals surface area contributed by atoms with Gasteiger partial charge < -0.3 is 10.1 Å². The van der Waals surface area contributed by atoms with Crippen LogP contribution >= 0.6 is 0 Å². The molecular weight excluding hydrogens is 250 g/mol. The van der Waals surface area contributed by atoms with E-state index in [2.05, 4.69) is 10.3 Å². The molecule has 0 amide bonds. The first-order chi connectivity index (χ1) is 9.86. The maximum absolute atomic E-state index is 5.22. The summed E-state index contributed by atoms with van der Waals surface area (Å²) < 4.78 is 7.22. The van der Waals surface area contributed by atoms with Crippen LogP contribution in [0.5, 0.6) is 5.75 Å². The van der Waals surface area contributed by atoms with Gasteiger partial charge in [0.05, 0.1) is 7.11 Å². The van der Waals surface area contributed by atoms with Crippen molar-refractivity contribution in [3.8, 4) is 11.4 Å². The lowest BCUT2D eigenvalue weighted by atomic mass is 10.3. The number of hydrogen-bond donors (Lipinski definition) is 1. The Morgan fingerprint density at radius 3 is 2.70 bits per heavy atom. The van der Waals surface area contributed by atoms with Crippen LogP contribution in [0.15, 0.2) is 67.0 Å². The zero-order valence-corrected chi connectivity index (χ0v) is 11.2. The number of benzene rings is 2. The second kappa shape index (κ2) is 5.48. The fraction of sp³-hybridized carbons (Fsp3) is 0.0625. The molecule has 2 aromatic carbocycles. The number of rotatable bonds is 4. The molecule has 3 rings (SSSR count). The van der Waals surface area contributed by atoms with Crippen molar-refractivity contribution < 1.29 is 4.74 Å². The average Bonchev–Trinajstić information content (AvgIpc) is 2.96. The van der Waals surface area contributed by atoms with Crippen LogP contribution in [-0.2, 0) is 0 Å². The number of ether oxygens (including phenoxy) is 1. The van der Waals surface area contributed by atoms with Crippen molar-refractivity contribution in [2.75, 3.05) is 12.4 Å². The van der Waals surface area contributed by atoms with Gasteiger partial charge in [0.25, 0.3) is 0 Å². The van der Waals surface area contributed by atoms with Gasteiger partial charge in [-0.15, -0.1) is 0 Å². The Balaban J connectivity index is 1.90. The molecule has 0 fully saturated rings. The Labute approximate surface area is 117 Å². The molecule has 20 heavy (non-hydrogen) atoms. The molecule has 4 heteroatoms. The maximum atomic E-state index is 5.22. The smallest absolute Gasteiger partial charge is 0.212 e. The summed E-state index contributed by atoms with van der Waals surface area (Å²) in [6.07, 6.45) is 3.70. The first-order valence-electron chi connectivity index (χ1n) is 6.36. The van der Waals surface area contributed by atoms with Crippen LogP contribution < -0.4 is 10.1 Å². The van der Waals surface area contributed by atoms with E-state index >= 15 is 0 Å². The van der Waals surface area contributed by atoms with Gasteiger partial charge in [-0.1, -0.05) is 24.3 Å². The van der Waals surface area contributed by atoms with Crippen molar-refractivity contribution in [1.82, 2.24) is 9.55 Å². The van der Waals surface area contributed by atoms with E-state index in [4.69, 9.17) is 4.74 Å². The molecule has 1 heterocycles. The minimum Gasteiger partial charge on any atom is -0.497 e. The maximum Gasteiger partial charge on any atom is 0.212 e. The highest BCUT2D eigenvalue weighted by Crippen LogP contribution is 2.22. The zero-order valence-electron chi connectivity index (χ0n) is 11.2. The number of aromatic nitrogens is 2. The molecule has 0 aliphatic heterocycles. The minimum absolute atomic E-state index is 0.768. The number of imidazole rings is 1. The monoisotopic (exact) mass is 265 g/mol. The van der Waals surface area contributed by atoms with E-state index in [0.717, 1.165) is 23.1 Å². The summed E-state index contributed by atoms with van der Waals surface area (Å²) in [6.45, 7) is 0. The lowest BCUT2D eigenvalue weighted by molar-refractivity contribution is 0.415. The Kier molecular flexibility index (Phi) is 3.37. The highest BCUT2D eigenvalue weighted by atomic mass is 16.5. The molecule has 0 aliphatic carbocycles. The largest absolute Gasteiger partial charge is 0.497 e. The summed E-state index contributed by atoms with van der Waals surface area (Å²) in [5, 5.41) is 3.30. The van der Waals surface area contributed by atoms with Crippen molar-refractivity contribution in [3.63, 3.8) is 0 Å². The Morgan fingerprint density at radius 1 is 1.05 bits per heavy atom. The van der Waals surface area contributed by atoms with Gasteiger partial charge >= 0.3 is 0 Å². The fourth-order valence-corrected chi connectivity index (χ4v) is 2.02. The van der Waals surface area contributed by atoms with Gasteiger partial charge in [-0.05, 0) is 24.3 Å². The first-order valence-corrected chi connectivity index (χ1v) is 6.36. The average molecular weight is 265 g/mol. The summed E-state index contributed by atoms with van der Waals surface area (Å²) in [6, 6.07) is 17.9. The number of anilines is 2. The molecule has 1 N–H and O–H groups in total. The van der Waals surface area contributed by atoms with Crippen molar-refractivity contribution in [2.24, 2.45) is 0 Å². The number of methoxy groups -OCH3 is 1. The van der Waals surface area contributed by atoms with Crippen LogP contribution in [-0.4, -0.2) is 16.7 Å². The molecule has 0 radical (unpaired) electrons. The van der Waals surface area contributed by atoms with E-state index in [0.29, 0.717) is 0 Å². The molecular formula is C16H15N3O. The minimum atomic E-state index is 0.768. The van der Waals surface area contributed by atoms with Crippen LogP contribution in [0.4, 0.5) is 11.6 Å². The van der Waals surface area contributed by atoms with E-state index in [1.54, 1.807) is 13.3 Å². The fourth-order valence-electron chi connectivity index (χ4n) is 2.02. The van der Waals surface area contributed by atoms with Gasteiger partial charge in [-0.2, -0.15) is 0 Å². The van der Waals surface area contributed by atoms with Gasteiger partial charge in [0.2, 0.25) is 5.95 Å². The Bertz CT molecular complexity index is 692. The third-order valence-electron chi connectivity index (χ3n) is 3.00. The summed E-state index contributed by atoms with van der Waals surface area (Å²) in [4.78, 5) is 4.35. The van der Waals surface area contributed by atoms with E-state index in [-0.39, 0.29) is 0 Å². The summed E-state index contributed by atoms with van der Waals surface area (Å²) in [5.41, 5.74) is 2.00. The van der Waals surface area contributed by atoms with E-state index in [9.17, 15) is 0 Å². The van der Waals surface area contributed by atoms with E-state index < -0.39 is 0 Å². The lowest BCUT2D eigenvalue weighted by Crippen LogP contribution is -2.01. The number of nitrogens with zero attached hydrogens (tertiary/aromatic N) is 2. The molecule has 3 aromatic rings. The first kappa shape index (κ1) is 12.3. The van der Waals surface area contributed by atoms with Gasteiger partial charge in [0.1, 0.15) is 5.75 Å². The standard InChI is InChI=1S/C16H15N3O/c1-20-15-9-5-6-13(12-15)18-16-17-10-11-19(16)14-7-3-2-4-8-14/h2-12H,1H3,(H,17,18). The highest BCUT2D eigenvalue weighted by molar-refractivity contribution is 5.58. The second-order valence-electron chi connectivity index (χ2n) is 4.31. The van der Waals surface area contributed by atoms with Crippen molar-refractivity contribution in [2.45, 2.75) is 0 Å². The molecule has 100 valence electrons. The molecule has 0 bridgehead atoms. The van der Waals surface area contributed by atoms with Gasteiger partial charge in [-0.3, -0.25) is 4.57 Å². The molecule has 4 nitrogen and oxygen atoms in total. The third-order valence-corrected chi connectivity index (χ3v) is 3.00.